The van der Waals surface area contributed by atoms with Crippen LogP contribution in [0.2, 0.25) is 0 Å². The summed E-state index contributed by atoms with van der Waals surface area (Å²) in [5.41, 5.74) is 0.620. The Bertz CT molecular complexity index is 569. The van der Waals surface area contributed by atoms with E-state index in [2.05, 4.69) is 0 Å². The monoisotopic (exact) mass is 255 g/mol. The van der Waals surface area contributed by atoms with Gasteiger partial charge in [0, 0.05) is 14.0 Å². The van der Waals surface area contributed by atoms with Gasteiger partial charge in [0.25, 0.3) is 0 Å². The molecule has 0 saturated heterocycles. The maximum absolute atomic E-state index is 11.7. The minimum absolute atomic E-state index is 0. The Labute approximate surface area is 112 Å². The second-order valence-corrected chi connectivity index (χ2v) is 3.72. The largest absolute Gasteiger partial charge is 0.508 e. The van der Waals surface area contributed by atoms with Crippen LogP contribution in [0.5, 0.6) is 11.5 Å². The third kappa shape index (κ3) is 3.52. The zero-order valence-electron chi connectivity index (χ0n) is 10.1. The molecule has 0 bridgehead atoms. The van der Waals surface area contributed by atoms with Crippen molar-refractivity contribution in [2.75, 3.05) is 0 Å². The molecule has 0 unspecified atom stereocenters. The molecule has 0 heterocycles. The van der Waals surface area contributed by atoms with Gasteiger partial charge in [0.2, 0.25) is 0 Å². The van der Waals surface area contributed by atoms with Gasteiger partial charge in [-0.2, -0.15) is 0 Å². The van der Waals surface area contributed by atoms with Gasteiger partial charge in [0.15, 0.2) is 0 Å². The van der Waals surface area contributed by atoms with Crippen LogP contribution in [-0.2, 0) is 11.3 Å². The van der Waals surface area contributed by atoms with Crippen LogP contribution in [0.3, 0.4) is 0 Å². The zero-order chi connectivity index (χ0) is 13.0. The molecular formula is C14H12BO4. The topological polar surface area (TPSA) is 66.8 Å². The maximum atomic E-state index is 11.7. The van der Waals surface area contributed by atoms with Crippen molar-refractivity contribution in [2.45, 2.75) is 6.61 Å². The number of hydrogen-bond acceptors (Lipinski definition) is 4. The predicted molar refractivity (Wildman–Crippen MR) is 71.1 cm³/mol. The molecule has 0 spiro atoms. The number of esters is 1. The number of phenolic OH excluding ortho intramolecular Hbond substituents is 2. The highest BCUT2D eigenvalue weighted by Crippen LogP contribution is 2.20. The molecule has 0 saturated carbocycles. The number of hydrogen-bond donors (Lipinski definition) is 2. The fourth-order valence-electron chi connectivity index (χ4n) is 1.50. The first-order valence-corrected chi connectivity index (χ1v) is 5.40. The summed E-state index contributed by atoms with van der Waals surface area (Å²) in [6.45, 7) is -0.0418. The standard InChI is InChI=1S/C14H12O4.B/c15-12-7-3-1-5-10(12)9-18-14(17)11-6-2-4-8-13(11)16;/h1-8,15-16H,9H2;. The molecular weight excluding hydrogens is 243 g/mol. The van der Waals surface area contributed by atoms with Crippen LogP contribution in [0.15, 0.2) is 48.5 Å². The molecule has 0 atom stereocenters. The first kappa shape index (κ1) is 14.6. The lowest BCUT2D eigenvalue weighted by atomic mass is 10.2. The highest BCUT2D eigenvalue weighted by molar-refractivity contribution is 5.92. The van der Waals surface area contributed by atoms with Gasteiger partial charge in [0.1, 0.15) is 23.7 Å². The van der Waals surface area contributed by atoms with Crippen molar-refractivity contribution in [2.24, 2.45) is 0 Å². The van der Waals surface area contributed by atoms with Crippen molar-refractivity contribution in [3.8, 4) is 11.5 Å². The van der Waals surface area contributed by atoms with E-state index in [0.29, 0.717) is 5.56 Å². The lowest BCUT2D eigenvalue weighted by molar-refractivity contribution is 0.0467. The lowest BCUT2D eigenvalue weighted by Crippen LogP contribution is -2.05. The van der Waals surface area contributed by atoms with E-state index in [4.69, 9.17) is 4.74 Å². The molecule has 19 heavy (non-hydrogen) atoms. The van der Waals surface area contributed by atoms with Crippen LogP contribution in [0.1, 0.15) is 15.9 Å². The minimum Gasteiger partial charge on any atom is -0.508 e. The van der Waals surface area contributed by atoms with Gasteiger partial charge in [0.05, 0.1) is 0 Å². The Hall–Kier alpha value is -2.43. The van der Waals surface area contributed by atoms with Gasteiger partial charge < -0.3 is 14.9 Å². The van der Waals surface area contributed by atoms with E-state index in [1.807, 2.05) is 0 Å². The number of rotatable bonds is 3. The Morgan fingerprint density at radius 1 is 0.947 bits per heavy atom. The number of carbonyl (C=O) groups excluding carboxylic acids is 1. The summed E-state index contributed by atoms with van der Waals surface area (Å²) in [4.78, 5) is 11.7. The first-order valence-electron chi connectivity index (χ1n) is 5.40. The molecule has 2 N–H and O–H groups in total. The summed E-state index contributed by atoms with van der Waals surface area (Å²) in [6.07, 6.45) is 0. The van der Waals surface area contributed by atoms with Crippen molar-refractivity contribution in [3.05, 3.63) is 59.7 Å². The predicted octanol–water partition coefficient (Wildman–Crippen LogP) is 2.07. The molecule has 4 nitrogen and oxygen atoms in total. The smallest absolute Gasteiger partial charge is 0.342 e. The van der Waals surface area contributed by atoms with Crippen molar-refractivity contribution >= 4 is 14.4 Å². The SMILES string of the molecule is O=C(OCc1ccccc1O)c1ccccc1O.[B]. The molecule has 0 aliphatic carbocycles. The average molecular weight is 255 g/mol. The second kappa shape index (κ2) is 6.49. The molecule has 0 aliphatic heterocycles. The highest BCUT2D eigenvalue weighted by atomic mass is 16.5. The molecule has 3 radical (unpaired) electrons. The van der Waals surface area contributed by atoms with Gasteiger partial charge in [-0.3, -0.25) is 0 Å². The lowest BCUT2D eigenvalue weighted by Gasteiger charge is -2.07. The molecule has 2 aromatic carbocycles. The average Bonchev–Trinajstić information content (AvgIpc) is 2.38. The minimum atomic E-state index is -0.628. The molecule has 5 heteroatoms. The fraction of sp³-hybridized carbons (Fsp3) is 0.0714. The van der Waals surface area contributed by atoms with Gasteiger partial charge in [-0.15, -0.1) is 0 Å². The summed E-state index contributed by atoms with van der Waals surface area (Å²) in [5.74, 6) is -0.682. The van der Waals surface area contributed by atoms with Crippen LogP contribution in [0, 0.1) is 0 Å². The second-order valence-electron chi connectivity index (χ2n) is 3.72. The molecule has 2 aromatic rings. The van der Waals surface area contributed by atoms with Crippen molar-refractivity contribution < 1.29 is 19.7 Å². The summed E-state index contributed by atoms with van der Waals surface area (Å²) in [5, 5.41) is 19.0. The Kier molecular flexibility index (Phi) is 5.00. The van der Waals surface area contributed by atoms with Crippen LogP contribution in [-0.4, -0.2) is 24.6 Å². The van der Waals surface area contributed by atoms with Crippen LogP contribution >= 0.6 is 0 Å². The molecule has 0 aliphatic rings. The van der Waals surface area contributed by atoms with E-state index in [-0.39, 0.29) is 32.1 Å². The molecule has 2 rings (SSSR count). The van der Waals surface area contributed by atoms with Crippen LogP contribution < -0.4 is 0 Å². The van der Waals surface area contributed by atoms with Crippen molar-refractivity contribution in [3.63, 3.8) is 0 Å². The Morgan fingerprint density at radius 2 is 1.53 bits per heavy atom. The van der Waals surface area contributed by atoms with E-state index in [1.165, 1.54) is 18.2 Å². The zero-order valence-corrected chi connectivity index (χ0v) is 10.1. The van der Waals surface area contributed by atoms with Gasteiger partial charge in [-0.25, -0.2) is 4.79 Å². The third-order valence-corrected chi connectivity index (χ3v) is 2.47. The van der Waals surface area contributed by atoms with Gasteiger partial charge in [-0.1, -0.05) is 30.3 Å². The number of ether oxygens (including phenoxy) is 1. The van der Waals surface area contributed by atoms with E-state index in [9.17, 15) is 15.0 Å². The maximum Gasteiger partial charge on any atom is 0.342 e. The Morgan fingerprint density at radius 3 is 2.16 bits per heavy atom. The first-order chi connectivity index (χ1) is 8.68. The van der Waals surface area contributed by atoms with Gasteiger partial charge >= 0.3 is 5.97 Å². The fourth-order valence-corrected chi connectivity index (χ4v) is 1.50. The van der Waals surface area contributed by atoms with Crippen molar-refractivity contribution in [1.29, 1.82) is 0 Å². The third-order valence-electron chi connectivity index (χ3n) is 2.47. The normalized spacial score (nSPS) is 9.47. The van der Waals surface area contributed by atoms with E-state index >= 15 is 0 Å². The summed E-state index contributed by atoms with van der Waals surface area (Å²) < 4.78 is 5.02. The van der Waals surface area contributed by atoms with E-state index in [1.54, 1.807) is 30.3 Å². The highest BCUT2D eigenvalue weighted by Gasteiger charge is 2.12. The molecule has 0 amide bonds. The van der Waals surface area contributed by atoms with Crippen LogP contribution in [0.25, 0.3) is 0 Å². The summed E-state index contributed by atoms with van der Waals surface area (Å²) in [6, 6.07) is 12.7. The van der Waals surface area contributed by atoms with E-state index < -0.39 is 5.97 Å². The molecule has 0 aromatic heterocycles. The van der Waals surface area contributed by atoms with Crippen LogP contribution in [0.4, 0.5) is 0 Å². The number of aromatic hydroxyl groups is 2. The Balaban J connectivity index is 0.00000180. The quantitative estimate of drug-likeness (QED) is 0.650. The molecule has 95 valence electrons. The number of benzene rings is 2. The van der Waals surface area contributed by atoms with Crippen molar-refractivity contribution in [1.82, 2.24) is 0 Å². The summed E-state index contributed by atoms with van der Waals surface area (Å²) in [7, 11) is 0. The number of phenols is 2. The number of carbonyl (C=O) groups is 1. The van der Waals surface area contributed by atoms with E-state index in [0.717, 1.165) is 0 Å². The van der Waals surface area contributed by atoms with Gasteiger partial charge in [-0.05, 0) is 18.2 Å². The summed E-state index contributed by atoms with van der Waals surface area (Å²) >= 11 is 0. The number of para-hydroxylation sites is 2. The molecule has 0 fully saturated rings.